The molecule has 9 heteroatoms. The molecule has 0 aliphatic heterocycles. The summed E-state index contributed by atoms with van der Waals surface area (Å²) in [6.45, 7) is -0.227. The van der Waals surface area contributed by atoms with E-state index in [0.29, 0.717) is 11.3 Å². The molecule has 0 aliphatic rings. The number of methoxy groups -OCH3 is 1. The number of aliphatic carboxylic acids is 2. The van der Waals surface area contributed by atoms with E-state index in [-0.39, 0.29) is 18.3 Å². The van der Waals surface area contributed by atoms with Gasteiger partial charge in [0.1, 0.15) is 6.54 Å². The Bertz CT molecular complexity index is 600. The van der Waals surface area contributed by atoms with Crippen molar-refractivity contribution in [2.45, 2.75) is 0 Å². The van der Waals surface area contributed by atoms with E-state index < -0.39 is 11.9 Å². The van der Waals surface area contributed by atoms with E-state index in [4.69, 9.17) is 26.1 Å². The maximum atomic E-state index is 10.2. The fraction of sp³-hybridized carbons (Fsp3) is 0.214. The van der Waals surface area contributed by atoms with Crippen molar-refractivity contribution < 1.29 is 29.6 Å². The predicted octanol–water partition coefficient (Wildman–Crippen LogP) is 0.395. The van der Waals surface area contributed by atoms with Crippen LogP contribution < -0.4 is 10.5 Å². The lowest BCUT2D eigenvalue weighted by molar-refractivity contribution is -0.137. The molecule has 0 fully saturated rings. The van der Waals surface area contributed by atoms with Crippen LogP contribution in [-0.4, -0.2) is 58.8 Å². The highest BCUT2D eigenvalue weighted by atomic mass is 16.5. The molecule has 9 nitrogen and oxygen atoms in total. The number of hydrogen-bond donors (Lipinski definition) is 5. The second-order valence-electron chi connectivity index (χ2n) is 4.24. The first-order chi connectivity index (χ1) is 10.7. The summed E-state index contributed by atoms with van der Waals surface area (Å²) in [5.41, 5.74) is 5.58. The Morgan fingerprint density at radius 1 is 1.39 bits per heavy atom. The number of carboxylic acid groups (broad SMARTS) is 2. The maximum absolute atomic E-state index is 10.2. The van der Waals surface area contributed by atoms with Crippen molar-refractivity contribution in [3.05, 3.63) is 29.8 Å². The molecule has 0 atom stereocenters. The number of nitrogens with one attached hydrogen (secondary N) is 1. The quantitative estimate of drug-likeness (QED) is 0.295. The molecule has 6 N–H and O–H groups in total. The highest BCUT2D eigenvalue weighted by Gasteiger charge is 2.03. The van der Waals surface area contributed by atoms with Gasteiger partial charge in [0.25, 0.3) is 0 Å². The summed E-state index contributed by atoms with van der Waals surface area (Å²) >= 11 is 0. The molecule has 23 heavy (non-hydrogen) atoms. The Hall–Kier alpha value is -3.23. The highest BCUT2D eigenvalue weighted by molar-refractivity contribution is 5.85. The zero-order valence-electron chi connectivity index (χ0n) is 12.7. The number of aromatic hydroxyl groups is 1. The number of benzene rings is 1. The first-order valence-electron chi connectivity index (χ1n) is 6.22. The molecule has 0 saturated heterocycles. The van der Waals surface area contributed by atoms with Crippen molar-refractivity contribution in [3.8, 4) is 11.5 Å². The summed E-state index contributed by atoms with van der Waals surface area (Å²) in [6, 6.07) is 4.59. The number of phenols is 1. The molecule has 0 bridgehead atoms. The van der Waals surface area contributed by atoms with Crippen molar-refractivity contribution in [2.75, 3.05) is 20.7 Å². The minimum absolute atomic E-state index is 0.0278. The molecule has 0 amide bonds. The first kappa shape index (κ1) is 19.8. The Labute approximate surface area is 132 Å². The van der Waals surface area contributed by atoms with Crippen LogP contribution in [0.15, 0.2) is 24.3 Å². The van der Waals surface area contributed by atoms with Gasteiger partial charge < -0.3 is 30.7 Å². The first-order valence-corrected chi connectivity index (χ1v) is 6.22. The van der Waals surface area contributed by atoms with Gasteiger partial charge >= 0.3 is 11.9 Å². The van der Waals surface area contributed by atoms with Gasteiger partial charge in [-0.15, -0.1) is 0 Å². The van der Waals surface area contributed by atoms with Crippen LogP contribution >= 0.6 is 0 Å². The van der Waals surface area contributed by atoms with Gasteiger partial charge in [-0.05, 0) is 23.8 Å². The second-order valence-corrected chi connectivity index (χ2v) is 4.24. The molecule has 0 spiro atoms. The van der Waals surface area contributed by atoms with Crippen molar-refractivity contribution in [3.63, 3.8) is 0 Å². The van der Waals surface area contributed by atoms with Gasteiger partial charge in [0.05, 0.1) is 7.11 Å². The standard InChI is InChI=1S/C10H10O4.C4H9N3O2/c1-14-9-6-7(2-4-8(9)11)3-5-10(12)13;1-7(4(5)6)2-3(8)9/h2-6,11H,1H3,(H,12,13);2H2,1H3,(H3,5,6)(H,8,9)/b5-3+;. The lowest BCUT2D eigenvalue weighted by atomic mass is 10.2. The van der Waals surface area contributed by atoms with E-state index in [1.54, 1.807) is 12.1 Å². The van der Waals surface area contributed by atoms with Crippen molar-refractivity contribution >= 4 is 24.0 Å². The highest BCUT2D eigenvalue weighted by Crippen LogP contribution is 2.26. The summed E-state index contributed by atoms with van der Waals surface area (Å²) in [7, 11) is 2.87. The Kier molecular flexibility index (Phi) is 8.30. The van der Waals surface area contributed by atoms with Gasteiger partial charge in [0.2, 0.25) is 0 Å². The van der Waals surface area contributed by atoms with Crippen LogP contribution in [-0.2, 0) is 9.59 Å². The zero-order chi connectivity index (χ0) is 18.0. The maximum Gasteiger partial charge on any atom is 0.328 e. The van der Waals surface area contributed by atoms with Crippen LogP contribution in [0.25, 0.3) is 6.08 Å². The fourth-order valence-corrected chi connectivity index (χ4v) is 1.25. The van der Waals surface area contributed by atoms with Crippen molar-refractivity contribution in [1.82, 2.24) is 4.90 Å². The van der Waals surface area contributed by atoms with E-state index in [1.807, 2.05) is 0 Å². The average Bonchev–Trinajstić information content (AvgIpc) is 2.46. The van der Waals surface area contributed by atoms with Crippen LogP contribution in [0.1, 0.15) is 5.56 Å². The number of ether oxygens (including phenoxy) is 1. The molecule has 0 unspecified atom stereocenters. The number of carbonyl (C=O) groups is 2. The number of hydrogen-bond acceptors (Lipinski definition) is 5. The van der Waals surface area contributed by atoms with Crippen molar-refractivity contribution in [1.29, 1.82) is 5.41 Å². The number of guanidine groups is 1. The molecular formula is C14H19N3O6. The minimum atomic E-state index is -1.02. The third-order valence-corrected chi connectivity index (χ3v) is 2.41. The number of rotatable bonds is 5. The fourth-order valence-electron chi connectivity index (χ4n) is 1.25. The topological polar surface area (TPSA) is 157 Å². The van der Waals surface area contributed by atoms with Gasteiger partial charge in [0.15, 0.2) is 17.5 Å². The van der Waals surface area contributed by atoms with Crippen LogP contribution in [0.2, 0.25) is 0 Å². The molecule has 0 aliphatic carbocycles. The summed E-state index contributed by atoms with van der Waals surface area (Å²) in [6.07, 6.45) is 2.44. The second kappa shape index (κ2) is 9.66. The molecule has 0 radical (unpaired) electrons. The summed E-state index contributed by atoms with van der Waals surface area (Å²) in [4.78, 5) is 21.3. The molecule has 126 valence electrons. The molecule has 1 aromatic carbocycles. The summed E-state index contributed by atoms with van der Waals surface area (Å²) in [5.74, 6) is -1.90. The van der Waals surface area contributed by atoms with Gasteiger partial charge in [0, 0.05) is 13.1 Å². The third-order valence-electron chi connectivity index (χ3n) is 2.41. The van der Waals surface area contributed by atoms with Gasteiger partial charge in [-0.2, -0.15) is 0 Å². The lowest BCUT2D eigenvalue weighted by Gasteiger charge is -2.12. The van der Waals surface area contributed by atoms with Gasteiger partial charge in [-0.3, -0.25) is 10.2 Å². The van der Waals surface area contributed by atoms with E-state index in [1.165, 1.54) is 26.3 Å². The van der Waals surface area contributed by atoms with Crippen LogP contribution in [0, 0.1) is 5.41 Å². The third kappa shape index (κ3) is 8.60. The minimum Gasteiger partial charge on any atom is -0.504 e. The van der Waals surface area contributed by atoms with Crippen LogP contribution in [0.3, 0.4) is 0 Å². The van der Waals surface area contributed by atoms with Crippen LogP contribution in [0.5, 0.6) is 11.5 Å². The number of likely N-dealkylation sites (N-methyl/N-ethyl adjacent to an activating group) is 1. The molecule has 1 aromatic rings. The molecule has 0 heterocycles. The summed E-state index contributed by atoms with van der Waals surface area (Å²) < 4.78 is 4.86. The van der Waals surface area contributed by atoms with Gasteiger partial charge in [-0.25, -0.2) is 4.79 Å². The number of carboxylic acids is 2. The van der Waals surface area contributed by atoms with E-state index in [0.717, 1.165) is 11.0 Å². The van der Waals surface area contributed by atoms with E-state index in [9.17, 15) is 14.7 Å². The van der Waals surface area contributed by atoms with E-state index in [2.05, 4.69) is 0 Å². The lowest BCUT2D eigenvalue weighted by Crippen LogP contribution is -2.36. The molecule has 0 aromatic heterocycles. The smallest absolute Gasteiger partial charge is 0.328 e. The Balaban J connectivity index is 0.000000468. The Morgan fingerprint density at radius 3 is 2.39 bits per heavy atom. The SMILES string of the molecule is CN(CC(=O)O)C(=N)N.COc1cc(/C=C/C(=O)O)ccc1O. The number of phenolic OH excluding ortho intramolecular Hbond substituents is 1. The molecule has 1 rings (SSSR count). The van der Waals surface area contributed by atoms with Crippen molar-refractivity contribution in [2.24, 2.45) is 5.73 Å². The molecular weight excluding hydrogens is 306 g/mol. The zero-order valence-corrected chi connectivity index (χ0v) is 12.7. The van der Waals surface area contributed by atoms with E-state index >= 15 is 0 Å². The normalized spacial score (nSPS) is 9.65. The Morgan fingerprint density at radius 2 is 2.00 bits per heavy atom. The van der Waals surface area contributed by atoms with Crippen LogP contribution in [0.4, 0.5) is 0 Å². The van der Waals surface area contributed by atoms with Gasteiger partial charge in [-0.1, -0.05) is 6.07 Å². The number of nitrogens with zero attached hydrogens (tertiary/aromatic N) is 1. The predicted molar refractivity (Wildman–Crippen MR) is 83.5 cm³/mol. The summed E-state index contributed by atoms with van der Waals surface area (Å²) in [5, 5.41) is 32.5. The largest absolute Gasteiger partial charge is 0.504 e. The number of nitrogens with two attached hydrogens (primary N) is 1. The molecule has 0 saturated carbocycles. The average molecular weight is 325 g/mol. The monoisotopic (exact) mass is 325 g/mol.